The monoisotopic (exact) mass is 453 g/mol. The highest BCUT2D eigenvalue weighted by molar-refractivity contribution is 7.91. The lowest BCUT2D eigenvalue weighted by atomic mass is 10.1. The Morgan fingerprint density at radius 1 is 1.26 bits per heavy atom. The minimum atomic E-state index is -3.31. The van der Waals surface area contributed by atoms with Crippen molar-refractivity contribution in [1.82, 2.24) is 10.3 Å². The van der Waals surface area contributed by atoms with E-state index in [0.717, 1.165) is 25.1 Å². The zero-order valence-electron chi connectivity index (χ0n) is 17.1. The van der Waals surface area contributed by atoms with Gasteiger partial charge in [0.05, 0.1) is 35.5 Å². The molecule has 7 nitrogen and oxygen atoms in total. The molecule has 0 unspecified atom stereocenters. The van der Waals surface area contributed by atoms with Crippen LogP contribution in [0.5, 0.6) is 0 Å². The van der Waals surface area contributed by atoms with E-state index >= 15 is 0 Å². The number of hydrogen-bond donors (Lipinski definition) is 1. The number of carbonyl (C=O) groups is 1. The molecule has 0 saturated carbocycles. The zero-order valence-corrected chi connectivity index (χ0v) is 17.9. The van der Waals surface area contributed by atoms with E-state index < -0.39 is 16.4 Å². The molecule has 0 aliphatic carbocycles. The number of benzene rings is 1. The van der Waals surface area contributed by atoms with Crippen molar-refractivity contribution in [3.8, 4) is 0 Å². The first-order valence-electron chi connectivity index (χ1n) is 10.0. The summed E-state index contributed by atoms with van der Waals surface area (Å²) in [5.41, 5.74) is 1.85. The average molecular weight is 454 g/mol. The molecular weight excluding hydrogens is 428 g/mol. The van der Waals surface area contributed by atoms with Crippen molar-refractivity contribution >= 4 is 21.4 Å². The quantitative estimate of drug-likeness (QED) is 0.628. The summed E-state index contributed by atoms with van der Waals surface area (Å²) in [5, 5.41) is 2.75. The molecule has 1 N–H and O–H groups in total. The number of anilines is 1. The van der Waals surface area contributed by atoms with E-state index in [1.165, 1.54) is 12.3 Å². The van der Waals surface area contributed by atoms with Gasteiger partial charge in [0.25, 0.3) is 5.91 Å². The fourth-order valence-electron chi connectivity index (χ4n) is 3.48. The number of alkyl halides is 2. The molecule has 0 bridgehead atoms. The summed E-state index contributed by atoms with van der Waals surface area (Å²) < 4.78 is 52.8. The maximum atomic E-state index is 12.4. The summed E-state index contributed by atoms with van der Waals surface area (Å²) in [5.74, 6) is -0.296. The van der Waals surface area contributed by atoms with Crippen LogP contribution in [0.25, 0.3) is 0 Å². The number of pyridine rings is 1. The molecule has 3 rings (SSSR count). The molecular formula is C21H25F2N3O4S. The molecule has 0 radical (unpaired) electrons. The molecule has 2 aromatic rings. The van der Waals surface area contributed by atoms with Crippen LogP contribution in [0.15, 0.2) is 47.5 Å². The standard InChI is InChI=1S/C21H25F2N3O4S/c1-2-31(28,29)19-10-7-16(24-13-19)12-25-20(27)15-5-8-17(9-6-15)26-11-3-4-18(26)14-30-21(22)23/h5-10,13,18,21H,2-4,11-12,14H2,1H3,(H,25,27)/t18-/m0/s1. The summed E-state index contributed by atoms with van der Waals surface area (Å²) in [6.45, 7) is -0.346. The highest BCUT2D eigenvalue weighted by Gasteiger charge is 2.26. The Morgan fingerprint density at radius 3 is 2.61 bits per heavy atom. The van der Waals surface area contributed by atoms with Crippen molar-refractivity contribution in [2.24, 2.45) is 0 Å². The van der Waals surface area contributed by atoms with Crippen molar-refractivity contribution in [2.75, 3.05) is 23.8 Å². The fourth-order valence-corrected chi connectivity index (χ4v) is 4.30. The smallest absolute Gasteiger partial charge is 0.345 e. The molecule has 1 saturated heterocycles. The topological polar surface area (TPSA) is 88.6 Å². The Bertz CT molecular complexity index is 983. The molecule has 1 amide bonds. The molecule has 1 aliphatic heterocycles. The van der Waals surface area contributed by atoms with Gasteiger partial charge in [-0.25, -0.2) is 8.42 Å². The molecule has 10 heteroatoms. The summed E-state index contributed by atoms with van der Waals surface area (Å²) in [7, 11) is -3.31. The van der Waals surface area contributed by atoms with Gasteiger partial charge in [0.1, 0.15) is 0 Å². The molecule has 0 spiro atoms. The van der Waals surface area contributed by atoms with E-state index in [4.69, 9.17) is 0 Å². The highest BCUT2D eigenvalue weighted by atomic mass is 32.2. The van der Waals surface area contributed by atoms with Crippen molar-refractivity contribution < 1.29 is 26.7 Å². The van der Waals surface area contributed by atoms with Gasteiger partial charge < -0.3 is 15.0 Å². The predicted molar refractivity (Wildman–Crippen MR) is 112 cm³/mol. The van der Waals surface area contributed by atoms with E-state index in [1.807, 2.05) is 4.90 Å². The Kier molecular flexibility index (Phi) is 7.55. The van der Waals surface area contributed by atoms with Crippen LogP contribution in [0.2, 0.25) is 0 Å². The second-order valence-electron chi connectivity index (χ2n) is 7.20. The Balaban J connectivity index is 1.57. The summed E-state index contributed by atoms with van der Waals surface area (Å²) in [4.78, 5) is 18.7. The van der Waals surface area contributed by atoms with Gasteiger partial charge in [-0.2, -0.15) is 8.78 Å². The highest BCUT2D eigenvalue weighted by Crippen LogP contribution is 2.26. The number of sulfone groups is 1. The summed E-state index contributed by atoms with van der Waals surface area (Å²) in [6.07, 6.45) is 2.96. The van der Waals surface area contributed by atoms with Gasteiger partial charge in [-0.3, -0.25) is 9.78 Å². The number of rotatable bonds is 9. The normalized spacial score (nSPS) is 16.6. The van der Waals surface area contributed by atoms with Crippen LogP contribution in [0.1, 0.15) is 35.8 Å². The molecule has 1 atom stereocenters. The first kappa shape index (κ1) is 23.1. The maximum Gasteiger partial charge on any atom is 0.345 e. The van der Waals surface area contributed by atoms with E-state index in [0.29, 0.717) is 11.3 Å². The largest absolute Gasteiger partial charge is 0.366 e. The van der Waals surface area contributed by atoms with E-state index in [9.17, 15) is 22.0 Å². The van der Waals surface area contributed by atoms with Crippen LogP contribution in [0.4, 0.5) is 14.5 Å². The summed E-state index contributed by atoms with van der Waals surface area (Å²) >= 11 is 0. The van der Waals surface area contributed by atoms with Crippen molar-refractivity contribution in [1.29, 1.82) is 0 Å². The van der Waals surface area contributed by atoms with Gasteiger partial charge in [0.15, 0.2) is 9.84 Å². The van der Waals surface area contributed by atoms with Gasteiger partial charge in [-0.05, 0) is 49.2 Å². The molecule has 168 valence electrons. The minimum absolute atomic E-state index is 0.00181. The van der Waals surface area contributed by atoms with Gasteiger partial charge in [-0.15, -0.1) is 0 Å². The molecule has 1 aromatic heterocycles. The van der Waals surface area contributed by atoms with Crippen LogP contribution < -0.4 is 10.2 Å². The van der Waals surface area contributed by atoms with Gasteiger partial charge in [0.2, 0.25) is 0 Å². The van der Waals surface area contributed by atoms with Crippen LogP contribution >= 0.6 is 0 Å². The molecule has 2 heterocycles. The second-order valence-corrected chi connectivity index (χ2v) is 9.48. The second kappa shape index (κ2) is 10.1. The third-order valence-electron chi connectivity index (χ3n) is 5.22. The third-order valence-corrected chi connectivity index (χ3v) is 6.94. The number of ether oxygens (including phenoxy) is 1. The molecule has 1 fully saturated rings. The number of hydrogen-bond acceptors (Lipinski definition) is 6. The number of nitrogens with one attached hydrogen (secondary N) is 1. The third kappa shape index (κ3) is 5.98. The first-order valence-corrected chi connectivity index (χ1v) is 11.7. The van der Waals surface area contributed by atoms with Crippen LogP contribution in [-0.4, -0.2) is 50.9 Å². The fraction of sp³-hybridized carbons (Fsp3) is 0.429. The van der Waals surface area contributed by atoms with Crippen molar-refractivity contribution in [3.63, 3.8) is 0 Å². The lowest BCUT2D eigenvalue weighted by Crippen LogP contribution is -2.33. The first-order chi connectivity index (χ1) is 14.8. The van der Waals surface area contributed by atoms with Gasteiger partial charge in [-0.1, -0.05) is 6.92 Å². The maximum absolute atomic E-state index is 12.4. The SMILES string of the molecule is CCS(=O)(=O)c1ccc(CNC(=O)c2ccc(N3CCC[C@H]3COC(F)F)cc2)nc1. The minimum Gasteiger partial charge on any atom is -0.366 e. The number of nitrogens with zero attached hydrogens (tertiary/aromatic N) is 2. The van der Waals surface area contributed by atoms with Crippen LogP contribution in [-0.2, 0) is 21.1 Å². The number of aromatic nitrogens is 1. The molecule has 31 heavy (non-hydrogen) atoms. The zero-order chi connectivity index (χ0) is 22.4. The number of halogens is 2. The van der Waals surface area contributed by atoms with E-state index in [-0.39, 0.29) is 35.7 Å². The molecule has 1 aliphatic rings. The molecule has 1 aromatic carbocycles. The van der Waals surface area contributed by atoms with Crippen LogP contribution in [0, 0.1) is 0 Å². The Hall–Kier alpha value is -2.59. The lowest BCUT2D eigenvalue weighted by molar-refractivity contribution is -0.131. The van der Waals surface area contributed by atoms with Crippen molar-refractivity contribution in [2.45, 2.75) is 43.9 Å². The van der Waals surface area contributed by atoms with Gasteiger partial charge >= 0.3 is 6.61 Å². The number of amides is 1. The average Bonchev–Trinajstić information content (AvgIpc) is 3.25. The lowest BCUT2D eigenvalue weighted by Gasteiger charge is -2.26. The van der Waals surface area contributed by atoms with Crippen LogP contribution in [0.3, 0.4) is 0 Å². The van der Waals surface area contributed by atoms with E-state index in [2.05, 4.69) is 15.0 Å². The summed E-state index contributed by atoms with van der Waals surface area (Å²) in [6, 6.07) is 9.87. The van der Waals surface area contributed by atoms with E-state index in [1.54, 1.807) is 37.3 Å². The van der Waals surface area contributed by atoms with Gasteiger partial charge in [0, 0.05) is 24.0 Å². The predicted octanol–water partition coefficient (Wildman–Crippen LogP) is 3.01. The Morgan fingerprint density at radius 2 is 2.00 bits per heavy atom. The number of carbonyl (C=O) groups excluding carboxylic acids is 1. The van der Waals surface area contributed by atoms with Crippen molar-refractivity contribution in [3.05, 3.63) is 53.9 Å². The Labute approximate surface area is 180 Å².